The maximum Gasteiger partial charge on any atom is 0.240 e. The van der Waals surface area contributed by atoms with Gasteiger partial charge in [-0.3, -0.25) is 0 Å². The highest BCUT2D eigenvalue weighted by Crippen LogP contribution is 2.22. The minimum absolute atomic E-state index is 0.294. The van der Waals surface area contributed by atoms with Crippen LogP contribution in [-0.4, -0.2) is 23.3 Å². The molecule has 0 fully saturated rings. The van der Waals surface area contributed by atoms with E-state index in [9.17, 15) is 0 Å². The van der Waals surface area contributed by atoms with Gasteiger partial charge in [-0.05, 0) is 18.9 Å². The first-order valence-electron chi connectivity index (χ1n) is 6.88. The van der Waals surface area contributed by atoms with Crippen molar-refractivity contribution in [1.82, 2.24) is 15.5 Å². The number of aromatic nitrogens is 2. The summed E-state index contributed by atoms with van der Waals surface area (Å²) in [5.74, 6) is 1.14. The highest BCUT2D eigenvalue weighted by Gasteiger charge is 2.19. The van der Waals surface area contributed by atoms with Crippen molar-refractivity contribution < 1.29 is 9.26 Å². The van der Waals surface area contributed by atoms with Gasteiger partial charge in [0.15, 0.2) is 0 Å². The van der Waals surface area contributed by atoms with Crippen LogP contribution in [0, 0.1) is 0 Å². The molecule has 0 radical (unpaired) electrons. The lowest BCUT2D eigenvalue weighted by Crippen LogP contribution is -2.24. The van der Waals surface area contributed by atoms with Crippen LogP contribution >= 0.6 is 0 Å². The van der Waals surface area contributed by atoms with E-state index in [1.807, 2.05) is 30.3 Å². The molecule has 1 N–H and O–H groups in total. The molecule has 2 unspecified atom stereocenters. The molecular weight excluding hydrogens is 254 g/mol. The molecular formula is C15H21N3O2. The van der Waals surface area contributed by atoms with Crippen molar-refractivity contribution in [1.29, 1.82) is 0 Å². The highest BCUT2D eigenvalue weighted by molar-refractivity contribution is 5.22. The second-order valence-electron chi connectivity index (χ2n) is 4.76. The zero-order chi connectivity index (χ0) is 14.4. The van der Waals surface area contributed by atoms with Gasteiger partial charge < -0.3 is 14.6 Å². The average Bonchev–Trinajstić information content (AvgIpc) is 2.95. The summed E-state index contributed by atoms with van der Waals surface area (Å²) in [6.07, 6.45) is 0.767. The lowest BCUT2D eigenvalue weighted by molar-refractivity contribution is 0.126. The zero-order valence-corrected chi connectivity index (χ0v) is 12.2. The minimum atomic E-state index is -0.294. The molecule has 0 aliphatic carbocycles. The molecule has 2 aromatic rings. The van der Waals surface area contributed by atoms with E-state index in [1.54, 1.807) is 7.11 Å². The number of ether oxygens (including phenoxy) is 1. The summed E-state index contributed by atoms with van der Waals surface area (Å²) < 4.78 is 10.7. The highest BCUT2D eigenvalue weighted by atomic mass is 16.5. The van der Waals surface area contributed by atoms with Crippen LogP contribution in [-0.2, 0) is 11.3 Å². The number of benzene rings is 1. The predicted molar refractivity (Wildman–Crippen MR) is 76.2 cm³/mol. The fourth-order valence-electron chi connectivity index (χ4n) is 1.87. The first-order valence-corrected chi connectivity index (χ1v) is 6.88. The fourth-order valence-corrected chi connectivity index (χ4v) is 1.87. The maximum atomic E-state index is 5.48. The Hall–Kier alpha value is -1.72. The van der Waals surface area contributed by atoms with Crippen LogP contribution in [0.3, 0.4) is 0 Å². The Kier molecular flexibility index (Phi) is 5.26. The van der Waals surface area contributed by atoms with E-state index < -0.39 is 0 Å². The van der Waals surface area contributed by atoms with Gasteiger partial charge >= 0.3 is 0 Å². The molecule has 0 aliphatic heterocycles. The van der Waals surface area contributed by atoms with Gasteiger partial charge in [0.25, 0.3) is 0 Å². The van der Waals surface area contributed by atoms with Crippen molar-refractivity contribution in [2.24, 2.45) is 0 Å². The first kappa shape index (κ1) is 14.7. The monoisotopic (exact) mass is 275 g/mol. The molecule has 5 nitrogen and oxygen atoms in total. The number of nitrogens with zero attached hydrogens (tertiary/aromatic N) is 2. The molecule has 108 valence electrons. The van der Waals surface area contributed by atoms with Crippen molar-refractivity contribution in [2.45, 2.75) is 39.0 Å². The van der Waals surface area contributed by atoms with E-state index in [1.165, 1.54) is 0 Å². The Morgan fingerprint density at radius 1 is 1.30 bits per heavy atom. The van der Waals surface area contributed by atoms with E-state index in [0.29, 0.717) is 24.3 Å². The first-order chi connectivity index (χ1) is 9.74. The van der Waals surface area contributed by atoms with Crippen molar-refractivity contribution in [3.63, 3.8) is 0 Å². The van der Waals surface area contributed by atoms with Crippen LogP contribution in [0.2, 0.25) is 0 Å². The van der Waals surface area contributed by atoms with E-state index in [2.05, 4.69) is 29.3 Å². The zero-order valence-electron chi connectivity index (χ0n) is 12.2. The molecule has 1 aromatic heterocycles. The normalized spacial score (nSPS) is 14.2. The summed E-state index contributed by atoms with van der Waals surface area (Å²) in [7, 11) is 1.64. The largest absolute Gasteiger partial charge is 0.369 e. The van der Waals surface area contributed by atoms with Gasteiger partial charge in [-0.25, -0.2) is 0 Å². The third kappa shape index (κ3) is 3.65. The maximum absolute atomic E-state index is 5.48. The van der Waals surface area contributed by atoms with Gasteiger partial charge in [0.05, 0.1) is 6.54 Å². The van der Waals surface area contributed by atoms with Crippen LogP contribution in [0.25, 0.3) is 0 Å². The molecule has 2 rings (SSSR count). The van der Waals surface area contributed by atoms with Gasteiger partial charge in [-0.15, -0.1) is 0 Å². The Labute approximate surface area is 119 Å². The Morgan fingerprint density at radius 3 is 2.70 bits per heavy atom. The van der Waals surface area contributed by atoms with Crippen molar-refractivity contribution in [3.05, 3.63) is 47.6 Å². The summed E-state index contributed by atoms with van der Waals surface area (Å²) in [5, 5.41) is 7.34. The number of nitrogens with one attached hydrogen (secondary N) is 1. The van der Waals surface area contributed by atoms with Gasteiger partial charge in [0, 0.05) is 13.2 Å². The van der Waals surface area contributed by atoms with E-state index in [4.69, 9.17) is 9.26 Å². The van der Waals surface area contributed by atoms with Crippen LogP contribution in [0.4, 0.5) is 0 Å². The quantitative estimate of drug-likeness (QED) is 0.842. The number of hydrogen-bond acceptors (Lipinski definition) is 5. The molecule has 5 heteroatoms. The summed E-state index contributed by atoms with van der Waals surface area (Å²) in [4.78, 5) is 4.40. The lowest BCUT2D eigenvalue weighted by atomic mass is 10.1. The topological polar surface area (TPSA) is 60.2 Å². The van der Waals surface area contributed by atoms with Gasteiger partial charge in [0.1, 0.15) is 6.10 Å². The van der Waals surface area contributed by atoms with Crippen molar-refractivity contribution in [2.75, 3.05) is 7.11 Å². The fraction of sp³-hybridized carbons (Fsp3) is 0.467. The summed E-state index contributed by atoms with van der Waals surface area (Å²) >= 11 is 0. The Bertz CT molecular complexity index is 513. The summed E-state index contributed by atoms with van der Waals surface area (Å²) in [5.41, 5.74) is 1.01. The van der Waals surface area contributed by atoms with Crippen molar-refractivity contribution in [3.8, 4) is 0 Å². The summed E-state index contributed by atoms with van der Waals surface area (Å²) in [6, 6.07) is 10.3. The Balaban J connectivity index is 2.07. The molecule has 0 aliphatic rings. The molecule has 20 heavy (non-hydrogen) atoms. The second kappa shape index (κ2) is 7.17. The smallest absolute Gasteiger partial charge is 0.240 e. The molecule has 1 heterocycles. The lowest BCUT2D eigenvalue weighted by Gasteiger charge is -2.11. The number of hydrogen-bond donors (Lipinski definition) is 1. The molecule has 0 amide bonds. The summed E-state index contributed by atoms with van der Waals surface area (Å²) in [6.45, 7) is 4.83. The van der Waals surface area contributed by atoms with Gasteiger partial charge in [-0.1, -0.05) is 42.4 Å². The predicted octanol–water partition coefficient (Wildman–Crippen LogP) is 2.69. The van der Waals surface area contributed by atoms with Crippen LogP contribution in [0.15, 0.2) is 34.9 Å². The molecule has 0 saturated heterocycles. The molecule has 1 aromatic carbocycles. The third-order valence-corrected chi connectivity index (χ3v) is 3.27. The molecule has 0 spiro atoms. The third-order valence-electron chi connectivity index (χ3n) is 3.27. The number of rotatable bonds is 7. The van der Waals surface area contributed by atoms with E-state index in [0.717, 1.165) is 12.0 Å². The number of methoxy groups -OCH3 is 1. The van der Waals surface area contributed by atoms with Crippen LogP contribution in [0.5, 0.6) is 0 Å². The van der Waals surface area contributed by atoms with Crippen LogP contribution in [0.1, 0.15) is 43.7 Å². The van der Waals surface area contributed by atoms with E-state index in [-0.39, 0.29) is 6.10 Å². The standard InChI is InChI=1S/C15H21N3O2/c1-4-11(2)16-10-13-17-15(18-20-13)14(19-3)12-8-6-5-7-9-12/h5-9,11,14,16H,4,10H2,1-3H3. The minimum Gasteiger partial charge on any atom is -0.369 e. The van der Waals surface area contributed by atoms with Crippen molar-refractivity contribution >= 4 is 0 Å². The molecule has 2 atom stereocenters. The van der Waals surface area contributed by atoms with Gasteiger partial charge in [0.2, 0.25) is 11.7 Å². The molecule has 0 saturated carbocycles. The average molecular weight is 275 g/mol. The molecule has 0 bridgehead atoms. The van der Waals surface area contributed by atoms with Gasteiger partial charge in [-0.2, -0.15) is 4.98 Å². The van der Waals surface area contributed by atoms with E-state index >= 15 is 0 Å². The SMILES string of the molecule is CCC(C)NCc1nc(C(OC)c2ccccc2)no1. The Morgan fingerprint density at radius 2 is 2.05 bits per heavy atom. The van der Waals surface area contributed by atoms with Crippen LogP contribution < -0.4 is 5.32 Å². The second-order valence-corrected chi connectivity index (χ2v) is 4.76.